The molecule has 0 bridgehead atoms. The molecule has 8 aliphatic carbocycles. The van der Waals surface area contributed by atoms with Gasteiger partial charge in [-0.25, -0.2) is 9.59 Å². The first-order valence-corrected chi connectivity index (χ1v) is 28.2. The average molecular weight is 881 g/mol. The molecule has 360 valence electrons. The number of rotatable bonds is 18. The van der Waals surface area contributed by atoms with E-state index in [0.29, 0.717) is 22.0 Å². The highest BCUT2D eigenvalue weighted by Gasteiger charge is 2.60. The van der Waals surface area contributed by atoms with Crippen molar-refractivity contribution in [2.75, 3.05) is 0 Å². The van der Waals surface area contributed by atoms with E-state index >= 15 is 0 Å². The molecule has 4 nitrogen and oxygen atoms in total. The summed E-state index contributed by atoms with van der Waals surface area (Å²) in [5.41, 5.74) is 5.43. The van der Waals surface area contributed by atoms with Crippen molar-refractivity contribution in [2.24, 2.45) is 69.0 Å². The number of esters is 2. The maximum Gasteiger partial charge on any atom is 0.334 e. The fraction of sp³-hybridized carbons (Fsp3) is 0.867. The smallest absolute Gasteiger partial charge is 0.334 e. The topological polar surface area (TPSA) is 52.6 Å². The number of hydrogen-bond donors (Lipinski definition) is 0. The molecule has 0 heterocycles. The minimum atomic E-state index is -0.337. The summed E-state index contributed by atoms with van der Waals surface area (Å²) in [6.07, 6.45) is 44.2. The Bertz CT molecular complexity index is 1610. The zero-order valence-electron chi connectivity index (χ0n) is 42.8. The summed E-state index contributed by atoms with van der Waals surface area (Å²) < 4.78 is 12.5. The zero-order valence-corrected chi connectivity index (χ0v) is 42.8. The van der Waals surface area contributed by atoms with E-state index in [1.807, 2.05) is 0 Å². The first-order chi connectivity index (χ1) is 30.8. The van der Waals surface area contributed by atoms with Crippen LogP contribution in [0.3, 0.4) is 0 Å². The van der Waals surface area contributed by atoms with E-state index in [0.717, 1.165) is 85.9 Å². The number of unbranched alkanes of at least 4 members (excludes halogenated alkanes) is 10. The molecule has 0 radical (unpaired) electrons. The lowest BCUT2D eigenvalue weighted by atomic mass is 9.47. The molecule has 0 unspecified atom stereocenters. The fourth-order valence-electron chi connectivity index (χ4n) is 17.8. The van der Waals surface area contributed by atoms with E-state index < -0.39 is 0 Å². The lowest BCUT2D eigenvalue weighted by Gasteiger charge is -2.58. The molecule has 4 heteroatoms. The fourth-order valence-corrected chi connectivity index (χ4v) is 17.8. The van der Waals surface area contributed by atoms with Crippen LogP contribution in [0.5, 0.6) is 0 Å². The molecule has 6 fully saturated rings. The third-order valence-electron chi connectivity index (χ3n) is 22.0. The summed E-state index contributed by atoms with van der Waals surface area (Å²) in [5.74, 6) is 6.05. The SMILES string of the molecule is CCCCCCCC[C@@H]1CC[C@@H]2[C@H]3CC=C4C[C@H](OC(=O)/C(C)=C(\C)C(=O)O[C@H]5CC[C@@]6(C)C(=CC[C@H]7[C@@H]8CC[C@H](CCCCCCCC)[C@@]8(C)CC[C@@H]76)C5)CC[C@@]4(C)[C@H]3CC[C@@]12C. The predicted molar refractivity (Wildman–Crippen MR) is 265 cm³/mol. The summed E-state index contributed by atoms with van der Waals surface area (Å²) in [7, 11) is 0. The third kappa shape index (κ3) is 9.34. The molecule has 0 aliphatic heterocycles. The minimum absolute atomic E-state index is 0.115. The van der Waals surface area contributed by atoms with Crippen LogP contribution in [0.15, 0.2) is 34.4 Å². The van der Waals surface area contributed by atoms with Gasteiger partial charge in [0.05, 0.1) is 0 Å². The normalized spacial score (nSPS) is 41.5. The van der Waals surface area contributed by atoms with E-state index in [2.05, 4.69) is 53.7 Å². The summed E-state index contributed by atoms with van der Waals surface area (Å²) in [4.78, 5) is 27.4. The number of carbonyl (C=O) groups excluding carboxylic acids is 2. The van der Waals surface area contributed by atoms with E-state index in [1.165, 1.54) is 154 Å². The predicted octanol–water partition coefficient (Wildman–Crippen LogP) is 16.8. The average Bonchev–Trinajstić information content (AvgIpc) is 3.81. The molecule has 0 aromatic carbocycles. The third-order valence-corrected chi connectivity index (χ3v) is 22.0. The second-order valence-electron chi connectivity index (χ2n) is 25.1. The van der Waals surface area contributed by atoms with Crippen molar-refractivity contribution < 1.29 is 19.1 Å². The van der Waals surface area contributed by atoms with Gasteiger partial charge in [-0.15, -0.1) is 0 Å². The first-order valence-electron chi connectivity index (χ1n) is 28.2. The van der Waals surface area contributed by atoms with Crippen LogP contribution >= 0.6 is 0 Å². The van der Waals surface area contributed by atoms with Crippen molar-refractivity contribution in [1.82, 2.24) is 0 Å². The number of ether oxygens (including phenoxy) is 2. The minimum Gasteiger partial charge on any atom is -0.459 e. The van der Waals surface area contributed by atoms with Crippen LogP contribution in [0, 0.1) is 69.0 Å². The molecule has 0 aromatic rings. The van der Waals surface area contributed by atoms with Crippen molar-refractivity contribution in [3.8, 4) is 0 Å². The maximum atomic E-state index is 13.7. The largest absolute Gasteiger partial charge is 0.459 e. The van der Waals surface area contributed by atoms with Crippen LogP contribution in [0.2, 0.25) is 0 Å². The highest BCUT2D eigenvalue weighted by atomic mass is 16.5. The highest BCUT2D eigenvalue weighted by Crippen LogP contribution is 2.68. The lowest BCUT2D eigenvalue weighted by Crippen LogP contribution is -2.50. The molecule has 0 amide bonds. The van der Waals surface area contributed by atoms with Gasteiger partial charge in [0.25, 0.3) is 0 Å². The molecular weight excluding hydrogens is 785 g/mol. The Hall–Kier alpha value is -1.84. The van der Waals surface area contributed by atoms with Crippen LogP contribution in [0.1, 0.15) is 248 Å². The molecule has 6 saturated carbocycles. The van der Waals surface area contributed by atoms with E-state index in [4.69, 9.17) is 9.47 Å². The highest BCUT2D eigenvalue weighted by molar-refractivity contribution is 5.99. The second kappa shape index (κ2) is 20.4. The van der Waals surface area contributed by atoms with E-state index in [9.17, 15) is 9.59 Å². The van der Waals surface area contributed by atoms with Gasteiger partial charge in [-0.3, -0.25) is 0 Å². The molecule has 0 spiro atoms. The lowest BCUT2D eigenvalue weighted by molar-refractivity contribution is -0.150. The second-order valence-corrected chi connectivity index (χ2v) is 25.1. The standard InChI is InChI=1S/C60H96O4/c1-9-11-13-15-17-19-21-43-25-29-51-49-27-23-45-39-47(31-35-59(45,7)53(49)33-37-57(43,51)5)63-55(61)41(3)42(4)56(62)64-48-32-36-60(8)46(40-48)24-28-50-52-30-26-44(22-20-18-16-14-12-10-2)58(52,6)38-34-54(50)60/h23-24,43-44,47-54H,9-22,25-40H2,1-8H3/b42-41+/t43-,44+,47-,48+,49-,50+,51-,52+,53-,54-,57+,58-,59-,60+/m0/s1. The van der Waals surface area contributed by atoms with Gasteiger partial charge in [-0.2, -0.15) is 0 Å². The van der Waals surface area contributed by atoms with Gasteiger partial charge in [0.2, 0.25) is 0 Å². The van der Waals surface area contributed by atoms with Crippen molar-refractivity contribution in [3.05, 3.63) is 34.4 Å². The van der Waals surface area contributed by atoms with Gasteiger partial charge < -0.3 is 9.47 Å². The van der Waals surface area contributed by atoms with Gasteiger partial charge in [-0.1, -0.05) is 142 Å². The molecular formula is C60H96O4. The van der Waals surface area contributed by atoms with E-state index in [1.54, 1.807) is 25.0 Å². The molecule has 14 atom stereocenters. The zero-order chi connectivity index (χ0) is 45.3. The summed E-state index contributed by atoms with van der Waals surface area (Å²) in [5, 5.41) is 0. The molecule has 8 aliphatic rings. The molecule has 0 N–H and O–H groups in total. The van der Waals surface area contributed by atoms with Crippen molar-refractivity contribution in [3.63, 3.8) is 0 Å². The van der Waals surface area contributed by atoms with Crippen molar-refractivity contribution >= 4 is 11.9 Å². The number of allylic oxidation sites excluding steroid dienone is 2. The van der Waals surface area contributed by atoms with Crippen LogP contribution in [-0.4, -0.2) is 24.1 Å². The summed E-state index contributed by atoms with van der Waals surface area (Å²) >= 11 is 0. The monoisotopic (exact) mass is 881 g/mol. The van der Waals surface area contributed by atoms with Crippen LogP contribution < -0.4 is 0 Å². The Labute approximate surface area is 393 Å². The Morgan fingerprint density at radius 1 is 0.500 bits per heavy atom. The van der Waals surface area contributed by atoms with Crippen LogP contribution in [0.25, 0.3) is 0 Å². The van der Waals surface area contributed by atoms with Crippen molar-refractivity contribution in [2.45, 2.75) is 260 Å². The van der Waals surface area contributed by atoms with Gasteiger partial charge in [-0.05, 0) is 186 Å². The molecule has 8 rings (SSSR count). The Morgan fingerprint density at radius 2 is 0.891 bits per heavy atom. The van der Waals surface area contributed by atoms with Crippen LogP contribution in [-0.2, 0) is 19.1 Å². The van der Waals surface area contributed by atoms with E-state index in [-0.39, 0.29) is 35.0 Å². The van der Waals surface area contributed by atoms with Crippen LogP contribution in [0.4, 0.5) is 0 Å². The molecule has 0 aromatic heterocycles. The van der Waals surface area contributed by atoms with Gasteiger partial charge in [0, 0.05) is 24.0 Å². The Morgan fingerprint density at radius 3 is 1.30 bits per heavy atom. The number of hydrogen-bond acceptors (Lipinski definition) is 4. The number of fused-ring (bicyclic) bond motifs is 10. The maximum absolute atomic E-state index is 13.7. The Kier molecular flexibility index (Phi) is 15.5. The Balaban J connectivity index is 0.815. The summed E-state index contributed by atoms with van der Waals surface area (Å²) in [6.45, 7) is 18.7. The first kappa shape index (κ1) is 48.6. The number of carbonyl (C=O) groups is 2. The van der Waals surface area contributed by atoms with Gasteiger partial charge in [0.1, 0.15) is 12.2 Å². The molecule has 0 saturated heterocycles. The van der Waals surface area contributed by atoms with Gasteiger partial charge >= 0.3 is 11.9 Å². The molecule has 64 heavy (non-hydrogen) atoms. The van der Waals surface area contributed by atoms with Crippen molar-refractivity contribution in [1.29, 1.82) is 0 Å². The van der Waals surface area contributed by atoms with Gasteiger partial charge in [0.15, 0.2) is 0 Å². The quantitative estimate of drug-likeness (QED) is 0.0596. The summed E-state index contributed by atoms with van der Waals surface area (Å²) in [6, 6.07) is 0.